The minimum absolute atomic E-state index is 0.0810. The van der Waals surface area contributed by atoms with Gasteiger partial charge < -0.3 is 5.11 Å². The molecule has 0 atom stereocenters. The second-order valence-electron chi connectivity index (χ2n) is 2.75. The molecule has 5 nitrogen and oxygen atoms in total. The fraction of sp³-hybridized carbons (Fsp3) is 0. The van der Waals surface area contributed by atoms with Crippen molar-refractivity contribution in [2.75, 3.05) is 0 Å². The maximum Gasteiger partial charge on any atom is 0.354 e. The molecule has 70 valence electrons. The summed E-state index contributed by atoms with van der Waals surface area (Å²) < 4.78 is 1.41. The Kier molecular flexibility index (Phi) is 1.78. The number of carboxylic acids is 1. The van der Waals surface area contributed by atoms with Gasteiger partial charge in [0, 0.05) is 11.8 Å². The quantitative estimate of drug-likeness (QED) is 0.712. The number of nitrogens with zero attached hydrogens (tertiary/aromatic N) is 2. The molecule has 0 aromatic carbocycles. The molecule has 0 radical (unpaired) electrons. The molecule has 2 aromatic heterocycles. The first kappa shape index (κ1) is 8.43. The molecule has 5 heteroatoms. The van der Waals surface area contributed by atoms with Crippen LogP contribution in [0.3, 0.4) is 0 Å². The number of aldehydes is 1. The molecule has 0 fully saturated rings. The second-order valence-corrected chi connectivity index (χ2v) is 2.75. The van der Waals surface area contributed by atoms with E-state index in [1.807, 2.05) is 0 Å². The molecular formula is C9H6N2O3. The lowest BCUT2D eigenvalue weighted by atomic mass is 10.3. The van der Waals surface area contributed by atoms with Crippen molar-refractivity contribution < 1.29 is 14.7 Å². The van der Waals surface area contributed by atoms with Crippen molar-refractivity contribution in [2.45, 2.75) is 0 Å². The fourth-order valence-corrected chi connectivity index (χ4v) is 1.23. The monoisotopic (exact) mass is 190 g/mol. The van der Waals surface area contributed by atoms with Gasteiger partial charge in [-0.15, -0.1) is 0 Å². The third-order valence-electron chi connectivity index (χ3n) is 1.89. The zero-order chi connectivity index (χ0) is 10.1. The molecular weight excluding hydrogens is 184 g/mol. The Morgan fingerprint density at radius 2 is 2.36 bits per heavy atom. The van der Waals surface area contributed by atoms with Crippen LogP contribution in [-0.4, -0.2) is 26.7 Å². The number of aromatic nitrogens is 2. The number of fused-ring (bicyclic) bond motifs is 1. The first-order chi connectivity index (χ1) is 6.72. The summed E-state index contributed by atoms with van der Waals surface area (Å²) in [6, 6.07) is 3.06. The number of pyridine rings is 1. The van der Waals surface area contributed by atoms with E-state index in [9.17, 15) is 9.59 Å². The molecule has 0 unspecified atom stereocenters. The van der Waals surface area contributed by atoms with Gasteiger partial charge in [-0.2, -0.15) is 0 Å². The largest absolute Gasteiger partial charge is 0.477 e. The van der Waals surface area contributed by atoms with Crippen LogP contribution in [0.1, 0.15) is 20.8 Å². The normalized spacial score (nSPS) is 10.3. The van der Waals surface area contributed by atoms with Gasteiger partial charge in [0.25, 0.3) is 0 Å². The van der Waals surface area contributed by atoms with Crippen molar-refractivity contribution in [1.29, 1.82) is 0 Å². The molecule has 2 rings (SSSR count). The third-order valence-corrected chi connectivity index (χ3v) is 1.89. The van der Waals surface area contributed by atoms with Gasteiger partial charge in [0.1, 0.15) is 11.9 Å². The molecule has 2 heterocycles. The van der Waals surface area contributed by atoms with E-state index in [2.05, 4.69) is 4.98 Å². The van der Waals surface area contributed by atoms with Crippen molar-refractivity contribution >= 4 is 17.9 Å². The smallest absolute Gasteiger partial charge is 0.354 e. The van der Waals surface area contributed by atoms with Gasteiger partial charge >= 0.3 is 5.97 Å². The van der Waals surface area contributed by atoms with Crippen LogP contribution in [0.25, 0.3) is 5.65 Å². The van der Waals surface area contributed by atoms with E-state index in [0.29, 0.717) is 17.5 Å². The summed E-state index contributed by atoms with van der Waals surface area (Å²) in [5, 5.41) is 8.77. The number of carboxylic acid groups (broad SMARTS) is 1. The third kappa shape index (κ3) is 1.15. The van der Waals surface area contributed by atoms with Crippen LogP contribution in [0.2, 0.25) is 0 Å². The van der Waals surface area contributed by atoms with E-state index in [4.69, 9.17) is 5.11 Å². The number of hydrogen-bond donors (Lipinski definition) is 1. The lowest BCUT2D eigenvalue weighted by molar-refractivity contribution is 0.0689. The summed E-state index contributed by atoms with van der Waals surface area (Å²) in [7, 11) is 0. The number of aromatic carboxylic acids is 1. The van der Waals surface area contributed by atoms with Gasteiger partial charge in [0.15, 0.2) is 5.69 Å². The van der Waals surface area contributed by atoms with Gasteiger partial charge in [-0.1, -0.05) is 0 Å². The van der Waals surface area contributed by atoms with Crippen LogP contribution >= 0.6 is 0 Å². The predicted molar refractivity (Wildman–Crippen MR) is 47.5 cm³/mol. The Morgan fingerprint density at radius 3 is 3.00 bits per heavy atom. The lowest BCUT2D eigenvalue weighted by Crippen LogP contribution is -2.01. The summed E-state index contributed by atoms with van der Waals surface area (Å²) >= 11 is 0. The van der Waals surface area contributed by atoms with E-state index in [-0.39, 0.29) is 5.69 Å². The standard InChI is InChI=1S/C9H6N2O3/c12-5-6-1-2-11-7(9(13)14)4-10-8(11)3-6/h1-5H,(H,13,14). The van der Waals surface area contributed by atoms with Crippen LogP contribution in [0.15, 0.2) is 24.5 Å². The molecule has 2 aromatic rings. The summed E-state index contributed by atoms with van der Waals surface area (Å²) in [6.45, 7) is 0. The Balaban J connectivity index is 2.71. The molecule has 0 aliphatic carbocycles. The Bertz CT molecular complexity index is 516. The van der Waals surface area contributed by atoms with Crippen molar-refractivity contribution in [3.63, 3.8) is 0 Å². The summed E-state index contributed by atoms with van der Waals surface area (Å²) in [4.78, 5) is 25.0. The van der Waals surface area contributed by atoms with Gasteiger partial charge in [0.05, 0.1) is 6.20 Å². The molecule has 0 bridgehead atoms. The lowest BCUT2D eigenvalue weighted by Gasteiger charge is -1.96. The number of imidazole rings is 1. The average molecular weight is 190 g/mol. The Hall–Kier alpha value is -2.17. The van der Waals surface area contributed by atoms with E-state index >= 15 is 0 Å². The number of rotatable bonds is 2. The number of carbonyl (C=O) groups excluding carboxylic acids is 1. The maximum absolute atomic E-state index is 10.7. The van der Waals surface area contributed by atoms with Crippen molar-refractivity contribution in [3.05, 3.63) is 35.8 Å². The van der Waals surface area contributed by atoms with E-state index in [1.165, 1.54) is 28.9 Å². The topological polar surface area (TPSA) is 71.7 Å². The first-order valence-electron chi connectivity index (χ1n) is 3.88. The molecule has 0 amide bonds. The SMILES string of the molecule is O=Cc1ccn2c(C(=O)O)cnc2c1. The zero-order valence-electron chi connectivity index (χ0n) is 7.04. The van der Waals surface area contributed by atoms with Gasteiger partial charge in [-0.3, -0.25) is 9.20 Å². The highest BCUT2D eigenvalue weighted by atomic mass is 16.4. The number of carbonyl (C=O) groups is 2. The molecule has 0 saturated heterocycles. The van der Waals surface area contributed by atoms with Crippen LogP contribution in [0.4, 0.5) is 0 Å². The van der Waals surface area contributed by atoms with Gasteiger partial charge in [0.2, 0.25) is 0 Å². The van der Waals surface area contributed by atoms with E-state index in [0.717, 1.165) is 0 Å². The second kappa shape index (κ2) is 2.95. The summed E-state index contributed by atoms with van der Waals surface area (Å²) in [5.74, 6) is -1.05. The van der Waals surface area contributed by atoms with Crippen LogP contribution < -0.4 is 0 Å². The predicted octanol–water partition coefficient (Wildman–Crippen LogP) is 0.845. The Morgan fingerprint density at radius 1 is 1.57 bits per heavy atom. The van der Waals surface area contributed by atoms with E-state index < -0.39 is 5.97 Å². The highest BCUT2D eigenvalue weighted by molar-refractivity contribution is 5.87. The van der Waals surface area contributed by atoms with Crippen molar-refractivity contribution in [1.82, 2.24) is 9.38 Å². The molecule has 0 aliphatic heterocycles. The minimum Gasteiger partial charge on any atom is -0.477 e. The molecule has 0 aliphatic rings. The zero-order valence-corrected chi connectivity index (χ0v) is 7.04. The van der Waals surface area contributed by atoms with Crippen LogP contribution in [0.5, 0.6) is 0 Å². The van der Waals surface area contributed by atoms with Gasteiger partial charge in [-0.25, -0.2) is 9.78 Å². The van der Waals surface area contributed by atoms with Crippen molar-refractivity contribution in [2.24, 2.45) is 0 Å². The van der Waals surface area contributed by atoms with Gasteiger partial charge in [-0.05, 0) is 12.1 Å². The van der Waals surface area contributed by atoms with Crippen molar-refractivity contribution in [3.8, 4) is 0 Å². The maximum atomic E-state index is 10.7. The molecule has 0 saturated carbocycles. The summed E-state index contributed by atoms with van der Waals surface area (Å²) in [5.41, 5.74) is 1.00. The minimum atomic E-state index is -1.05. The average Bonchev–Trinajstić information content (AvgIpc) is 2.59. The molecule has 1 N–H and O–H groups in total. The highest BCUT2D eigenvalue weighted by Gasteiger charge is 2.09. The van der Waals surface area contributed by atoms with Crippen LogP contribution in [0, 0.1) is 0 Å². The summed E-state index contributed by atoms with van der Waals surface area (Å²) in [6.07, 6.45) is 3.46. The number of hydrogen-bond acceptors (Lipinski definition) is 3. The fourth-order valence-electron chi connectivity index (χ4n) is 1.23. The Labute approximate surface area is 78.6 Å². The molecule has 0 spiro atoms. The van der Waals surface area contributed by atoms with E-state index in [1.54, 1.807) is 0 Å². The highest BCUT2D eigenvalue weighted by Crippen LogP contribution is 2.08. The van der Waals surface area contributed by atoms with Crippen LogP contribution in [-0.2, 0) is 0 Å². The first-order valence-corrected chi connectivity index (χ1v) is 3.88. The molecule has 14 heavy (non-hydrogen) atoms.